The van der Waals surface area contributed by atoms with Crippen molar-refractivity contribution in [2.45, 2.75) is 19.4 Å². The molecule has 0 aliphatic rings. The lowest BCUT2D eigenvalue weighted by Crippen LogP contribution is -2.21. The van der Waals surface area contributed by atoms with Crippen LogP contribution in [-0.4, -0.2) is 36.6 Å². The van der Waals surface area contributed by atoms with E-state index in [2.05, 4.69) is 15.9 Å². The molecule has 1 rings (SSSR count). The number of halogens is 1. The predicted molar refractivity (Wildman–Crippen MR) is 73.5 cm³/mol. The summed E-state index contributed by atoms with van der Waals surface area (Å²) >= 11 is 3.38. The van der Waals surface area contributed by atoms with E-state index < -0.39 is 0 Å². The molecule has 0 unspecified atom stereocenters. The molecule has 0 atom stereocenters. The van der Waals surface area contributed by atoms with E-state index in [0.29, 0.717) is 19.4 Å². The lowest BCUT2D eigenvalue weighted by molar-refractivity contribution is -0.128. The molecule has 0 aliphatic carbocycles. The van der Waals surface area contributed by atoms with Gasteiger partial charge in [0.05, 0.1) is 17.7 Å². The van der Waals surface area contributed by atoms with Crippen LogP contribution in [0.2, 0.25) is 0 Å². The Kier molecular flexibility index (Phi) is 6.15. The second-order valence-electron chi connectivity index (χ2n) is 4.16. The number of hydrogen-bond donors (Lipinski definition) is 1. The molecule has 18 heavy (non-hydrogen) atoms. The first-order valence-corrected chi connectivity index (χ1v) is 6.56. The molecule has 1 N–H and O–H groups in total. The van der Waals surface area contributed by atoms with Crippen LogP contribution in [0.5, 0.6) is 5.75 Å². The first-order valence-electron chi connectivity index (χ1n) is 5.77. The molecule has 1 aromatic rings. The van der Waals surface area contributed by atoms with E-state index in [1.165, 1.54) is 0 Å². The fourth-order valence-electron chi connectivity index (χ4n) is 1.39. The molecule has 0 bridgehead atoms. The van der Waals surface area contributed by atoms with Crippen LogP contribution in [-0.2, 0) is 11.4 Å². The van der Waals surface area contributed by atoms with E-state index in [4.69, 9.17) is 9.84 Å². The topological polar surface area (TPSA) is 49.8 Å². The molecule has 1 aromatic carbocycles. The third-order valence-electron chi connectivity index (χ3n) is 2.47. The van der Waals surface area contributed by atoms with E-state index in [-0.39, 0.29) is 12.5 Å². The zero-order chi connectivity index (χ0) is 13.5. The molecule has 0 fully saturated rings. The number of hydrogen-bond acceptors (Lipinski definition) is 3. The number of rotatable bonds is 6. The number of aliphatic hydroxyl groups excluding tert-OH is 1. The van der Waals surface area contributed by atoms with Crippen molar-refractivity contribution in [3.63, 3.8) is 0 Å². The summed E-state index contributed by atoms with van der Waals surface area (Å²) in [5.41, 5.74) is 0.831. The molecule has 0 saturated carbocycles. The normalized spacial score (nSPS) is 10.2. The van der Waals surface area contributed by atoms with Gasteiger partial charge in [-0.05, 0) is 40.0 Å². The summed E-state index contributed by atoms with van der Waals surface area (Å²) in [5, 5.41) is 8.98. The predicted octanol–water partition coefficient (Wildman–Crippen LogP) is 2.19. The van der Waals surface area contributed by atoms with Crippen molar-refractivity contribution in [2.75, 3.05) is 20.7 Å². The fraction of sp³-hybridized carbons (Fsp3) is 0.462. The van der Waals surface area contributed by atoms with Gasteiger partial charge in [0.1, 0.15) is 5.75 Å². The highest BCUT2D eigenvalue weighted by atomic mass is 79.9. The van der Waals surface area contributed by atoms with Gasteiger partial charge in [0, 0.05) is 20.5 Å². The van der Waals surface area contributed by atoms with Crippen LogP contribution in [0.15, 0.2) is 22.7 Å². The van der Waals surface area contributed by atoms with Gasteiger partial charge >= 0.3 is 0 Å². The monoisotopic (exact) mass is 315 g/mol. The van der Waals surface area contributed by atoms with Gasteiger partial charge in [0.15, 0.2) is 0 Å². The average molecular weight is 316 g/mol. The molecule has 0 saturated heterocycles. The van der Waals surface area contributed by atoms with Gasteiger partial charge < -0.3 is 14.7 Å². The van der Waals surface area contributed by atoms with Crippen molar-refractivity contribution in [1.29, 1.82) is 0 Å². The zero-order valence-electron chi connectivity index (χ0n) is 10.6. The summed E-state index contributed by atoms with van der Waals surface area (Å²) in [5.74, 6) is 0.831. The molecule has 1 amide bonds. The molecule has 4 nitrogen and oxygen atoms in total. The summed E-state index contributed by atoms with van der Waals surface area (Å²) in [7, 11) is 3.49. The van der Waals surface area contributed by atoms with Gasteiger partial charge in [0.2, 0.25) is 5.91 Å². The molecule has 100 valence electrons. The zero-order valence-corrected chi connectivity index (χ0v) is 12.2. The number of ether oxygens (including phenoxy) is 1. The van der Waals surface area contributed by atoms with Crippen LogP contribution in [0.25, 0.3) is 0 Å². The Morgan fingerprint density at radius 3 is 2.72 bits per heavy atom. The Morgan fingerprint density at radius 1 is 1.44 bits per heavy atom. The third kappa shape index (κ3) is 4.66. The summed E-state index contributed by atoms with van der Waals surface area (Å²) in [6, 6.07) is 5.44. The molecular formula is C13H18BrNO3. The van der Waals surface area contributed by atoms with Crippen LogP contribution in [0, 0.1) is 0 Å². The van der Waals surface area contributed by atoms with Gasteiger partial charge in [-0.1, -0.05) is 6.07 Å². The van der Waals surface area contributed by atoms with Gasteiger partial charge in [-0.25, -0.2) is 0 Å². The molecule has 5 heteroatoms. The van der Waals surface area contributed by atoms with Gasteiger partial charge in [-0.15, -0.1) is 0 Å². The highest BCUT2D eigenvalue weighted by molar-refractivity contribution is 9.10. The molecule has 0 heterocycles. The van der Waals surface area contributed by atoms with Gasteiger partial charge in [-0.2, -0.15) is 0 Å². The minimum atomic E-state index is 0.0101. The van der Waals surface area contributed by atoms with E-state index in [0.717, 1.165) is 15.8 Å². The Morgan fingerprint density at radius 2 is 2.17 bits per heavy atom. The quantitative estimate of drug-likeness (QED) is 0.819. The van der Waals surface area contributed by atoms with Crippen LogP contribution in [0.3, 0.4) is 0 Å². The second-order valence-corrected chi connectivity index (χ2v) is 5.02. The summed E-state index contributed by atoms with van der Waals surface area (Å²) in [4.78, 5) is 12.9. The first-order chi connectivity index (χ1) is 8.54. The van der Waals surface area contributed by atoms with Crippen molar-refractivity contribution >= 4 is 21.8 Å². The van der Waals surface area contributed by atoms with E-state index >= 15 is 0 Å². The summed E-state index contributed by atoms with van der Waals surface area (Å²) in [6.45, 7) is 0.507. The van der Waals surface area contributed by atoms with Gasteiger partial charge in [0.25, 0.3) is 0 Å². The van der Waals surface area contributed by atoms with Gasteiger partial charge in [-0.3, -0.25) is 4.79 Å². The standard InChI is InChI=1S/C13H18BrNO3/c1-15(2)13(17)4-3-7-18-12-6-5-10(9-16)8-11(12)14/h5-6,8,16H,3-4,7,9H2,1-2H3. The highest BCUT2D eigenvalue weighted by Crippen LogP contribution is 2.26. The number of aliphatic hydroxyl groups is 1. The highest BCUT2D eigenvalue weighted by Gasteiger charge is 2.05. The maximum Gasteiger partial charge on any atom is 0.222 e. The lowest BCUT2D eigenvalue weighted by Gasteiger charge is -2.11. The largest absolute Gasteiger partial charge is 0.492 e. The van der Waals surface area contributed by atoms with E-state index in [1.807, 2.05) is 18.2 Å². The smallest absolute Gasteiger partial charge is 0.222 e. The fourth-order valence-corrected chi connectivity index (χ4v) is 1.93. The Balaban J connectivity index is 2.38. The van der Waals surface area contributed by atoms with Crippen molar-refractivity contribution < 1.29 is 14.6 Å². The average Bonchev–Trinajstić information content (AvgIpc) is 2.35. The number of amides is 1. The molecule has 0 aliphatic heterocycles. The van der Waals surface area contributed by atoms with Crippen molar-refractivity contribution in [1.82, 2.24) is 4.90 Å². The van der Waals surface area contributed by atoms with Crippen molar-refractivity contribution in [3.8, 4) is 5.75 Å². The summed E-state index contributed by atoms with van der Waals surface area (Å²) in [6.07, 6.45) is 1.17. The Labute approximate surface area is 116 Å². The molecular weight excluding hydrogens is 298 g/mol. The minimum Gasteiger partial charge on any atom is -0.492 e. The molecule has 0 aromatic heterocycles. The number of carbonyl (C=O) groups excluding carboxylic acids is 1. The summed E-state index contributed by atoms with van der Waals surface area (Å²) < 4.78 is 6.38. The molecule has 0 radical (unpaired) electrons. The van der Waals surface area contributed by atoms with Crippen LogP contribution >= 0.6 is 15.9 Å². The second kappa shape index (κ2) is 7.38. The van der Waals surface area contributed by atoms with Crippen molar-refractivity contribution in [2.24, 2.45) is 0 Å². The lowest BCUT2D eigenvalue weighted by atomic mass is 10.2. The van der Waals surface area contributed by atoms with Crippen molar-refractivity contribution in [3.05, 3.63) is 28.2 Å². The minimum absolute atomic E-state index is 0.0101. The van der Waals surface area contributed by atoms with E-state index in [1.54, 1.807) is 19.0 Å². The maximum absolute atomic E-state index is 11.3. The van der Waals surface area contributed by atoms with Crippen LogP contribution < -0.4 is 4.74 Å². The van der Waals surface area contributed by atoms with Crippen LogP contribution in [0.4, 0.5) is 0 Å². The Bertz CT molecular complexity index is 407. The SMILES string of the molecule is CN(C)C(=O)CCCOc1ccc(CO)cc1Br. The van der Waals surface area contributed by atoms with Crippen LogP contribution in [0.1, 0.15) is 18.4 Å². The molecule has 0 spiro atoms. The third-order valence-corrected chi connectivity index (χ3v) is 3.09. The maximum atomic E-state index is 11.3. The number of benzene rings is 1. The Hall–Kier alpha value is -1.07. The van der Waals surface area contributed by atoms with E-state index in [9.17, 15) is 4.79 Å². The number of carbonyl (C=O) groups is 1. The first kappa shape index (κ1) is 15.0. The number of nitrogens with zero attached hydrogens (tertiary/aromatic N) is 1.